The van der Waals surface area contributed by atoms with Crippen LogP contribution in [0.3, 0.4) is 0 Å². The minimum Gasteiger partial charge on any atom is -0.504 e. The van der Waals surface area contributed by atoms with Gasteiger partial charge in [0.25, 0.3) is 5.91 Å². The van der Waals surface area contributed by atoms with Gasteiger partial charge in [-0.3, -0.25) is 14.4 Å². The zero-order valence-electron chi connectivity index (χ0n) is 20.6. The predicted octanol–water partition coefficient (Wildman–Crippen LogP) is 1.31. The number of carbonyl (C=O) groups excluding carboxylic acids is 3. The lowest BCUT2D eigenvalue weighted by Gasteiger charge is -2.46. The van der Waals surface area contributed by atoms with Gasteiger partial charge in [-0.15, -0.1) is 11.8 Å². The van der Waals surface area contributed by atoms with Crippen LogP contribution in [0.1, 0.15) is 30.6 Å². The highest BCUT2D eigenvalue weighted by Crippen LogP contribution is 2.52. The molecule has 0 radical (unpaired) electrons. The van der Waals surface area contributed by atoms with Crippen LogP contribution in [0.15, 0.2) is 22.7 Å². The summed E-state index contributed by atoms with van der Waals surface area (Å²) in [5, 5.41) is 39.0. The summed E-state index contributed by atoms with van der Waals surface area (Å²) in [5.74, 6) is -4.79. The van der Waals surface area contributed by atoms with E-state index in [2.05, 4.69) is 0 Å². The Hall–Kier alpha value is -2.96. The molecule has 1 aromatic carbocycles. The zero-order chi connectivity index (χ0) is 27.5. The summed E-state index contributed by atoms with van der Waals surface area (Å²) in [5.41, 5.74) is -0.142. The third-order valence-corrected chi connectivity index (χ3v) is 8.93. The fourth-order valence-electron chi connectivity index (χ4n) is 5.37. The first kappa shape index (κ1) is 27.1. The van der Waals surface area contributed by atoms with Crippen LogP contribution in [-0.2, 0) is 14.4 Å². The smallest absolute Gasteiger partial charge is 0.353 e. The van der Waals surface area contributed by atoms with Crippen molar-refractivity contribution in [1.82, 2.24) is 14.7 Å². The van der Waals surface area contributed by atoms with Crippen molar-refractivity contribution in [2.45, 2.75) is 43.7 Å². The number of carboxylic acid groups (broad SMARTS) is 1. The largest absolute Gasteiger partial charge is 0.504 e. The molecule has 4 rings (SSSR count). The van der Waals surface area contributed by atoms with E-state index in [4.69, 9.17) is 11.6 Å². The average Bonchev–Trinajstić information content (AvgIpc) is 3.33. The number of amides is 3. The number of fused-ring (bicyclic) bond motifs is 1. The van der Waals surface area contributed by atoms with E-state index in [0.717, 1.165) is 6.07 Å². The zero-order valence-corrected chi connectivity index (χ0v) is 22.2. The maximum absolute atomic E-state index is 13.4. The molecule has 2 saturated heterocycles. The number of thioether (sulfide) groups is 1. The van der Waals surface area contributed by atoms with Gasteiger partial charge in [0.15, 0.2) is 11.5 Å². The van der Waals surface area contributed by atoms with Gasteiger partial charge in [0, 0.05) is 42.3 Å². The Morgan fingerprint density at radius 3 is 2.41 bits per heavy atom. The van der Waals surface area contributed by atoms with E-state index in [-0.39, 0.29) is 46.3 Å². The molecule has 0 saturated carbocycles. The normalized spacial score (nSPS) is 27.7. The van der Waals surface area contributed by atoms with Gasteiger partial charge < -0.3 is 35.1 Å². The van der Waals surface area contributed by atoms with Gasteiger partial charge in [0.1, 0.15) is 11.7 Å². The Bertz CT molecular complexity index is 1200. The number of aliphatic carboxylic acids is 1. The fraction of sp³-hybridized carbons (Fsp3) is 0.500. The number of nitrogens with zero attached hydrogens (tertiary/aromatic N) is 3. The first-order valence-electron chi connectivity index (χ1n) is 11.6. The third-order valence-electron chi connectivity index (χ3n) is 7.14. The van der Waals surface area contributed by atoms with Crippen LogP contribution < -0.4 is 0 Å². The second-order valence-corrected chi connectivity index (χ2v) is 11.5. The number of β-lactam (4-membered cyclic amide) rings is 1. The molecule has 0 bridgehead atoms. The topological polar surface area (TPSA) is 159 Å². The number of aliphatic hydroxyl groups excluding tert-OH is 1. The second kappa shape index (κ2) is 9.73. The Morgan fingerprint density at radius 2 is 1.86 bits per heavy atom. The highest BCUT2D eigenvalue weighted by atomic mass is 35.5. The molecule has 0 unspecified atom stereocenters. The summed E-state index contributed by atoms with van der Waals surface area (Å²) in [6, 6.07) is 0.941. The van der Waals surface area contributed by atoms with Crippen molar-refractivity contribution in [2.75, 3.05) is 20.6 Å². The van der Waals surface area contributed by atoms with Gasteiger partial charge in [-0.1, -0.05) is 18.5 Å². The summed E-state index contributed by atoms with van der Waals surface area (Å²) in [4.78, 5) is 55.6. The lowest BCUT2D eigenvalue weighted by molar-refractivity contribution is -0.163. The third kappa shape index (κ3) is 4.40. The van der Waals surface area contributed by atoms with E-state index in [1.165, 1.54) is 39.5 Å². The van der Waals surface area contributed by atoms with Gasteiger partial charge in [0.2, 0.25) is 11.8 Å². The minimum absolute atomic E-state index is 0.0169. The number of likely N-dealkylation sites (tertiary alicyclic amines) is 1. The van der Waals surface area contributed by atoms with Crippen molar-refractivity contribution in [3.8, 4) is 11.5 Å². The van der Waals surface area contributed by atoms with Gasteiger partial charge in [-0.05, 0) is 25.5 Å². The first-order valence-corrected chi connectivity index (χ1v) is 12.9. The van der Waals surface area contributed by atoms with Crippen molar-refractivity contribution >= 4 is 47.1 Å². The summed E-state index contributed by atoms with van der Waals surface area (Å²) < 4.78 is 0. The van der Waals surface area contributed by atoms with Crippen molar-refractivity contribution in [3.05, 3.63) is 33.3 Å². The maximum Gasteiger partial charge on any atom is 0.353 e. The Kier molecular flexibility index (Phi) is 7.12. The molecule has 0 spiro atoms. The molecule has 0 aromatic heterocycles. The van der Waals surface area contributed by atoms with E-state index in [1.54, 1.807) is 21.0 Å². The number of hydrogen-bond acceptors (Lipinski definition) is 8. The van der Waals surface area contributed by atoms with Crippen LogP contribution in [0.2, 0.25) is 5.02 Å². The molecule has 37 heavy (non-hydrogen) atoms. The summed E-state index contributed by atoms with van der Waals surface area (Å²) in [6.45, 7) is 3.40. The number of phenols is 2. The fourth-order valence-corrected chi connectivity index (χ4v) is 7.11. The summed E-state index contributed by atoms with van der Waals surface area (Å²) in [6.07, 6.45) is -0.696. The van der Waals surface area contributed by atoms with Crippen LogP contribution in [-0.4, -0.2) is 103 Å². The monoisotopic (exact) mass is 553 g/mol. The quantitative estimate of drug-likeness (QED) is 0.301. The van der Waals surface area contributed by atoms with E-state index in [9.17, 15) is 39.6 Å². The molecule has 6 atom stereocenters. The molecule has 200 valence electrons. The van der Waals surface area contributed by atoms with Gasteiger partial charge in [-0.25, -0.2) is 4.79 Å². The Labute approximate surface area is 222 Å². The maximum atomic E-state index is 13.4. The molecular formula is C24H28ClN3O8S. The van der Waals surface area contributed by atoms with Crippen LogP contribution >= 0.6 is 23.4 Å². The molecule has 2 fully saturated rings. The number of likely N-dealkylation sites (N-methyl/N-ethyl adjacent to an activating group) is 1. The van der Waals surface area contributed by atoms with E-state index in [1.807, 2.05) is 0 Å². The van der Waals surface area contributed by atoms with E-state index >= 15 is 0 Å². The average molecular weight is 554 g/mol. The number of aliphatic hydroxyl groups is 1. The molecule has 13 heteroatoms. The number of carboxylic acids is 1. The van der Waals surface area contributed by atoms with E-state index < -0.39 is 53.4 Å². The number of carbonyl (C=O) groups is 4. The first-order chi connectivity index (χ1) is 17.3. The second-order valence-electron chi connectivity index (χ2n) is 9.78. The van der Waals surface area contributed by atoms with Crippen molar-refractivity contribution in [2.24, 2.45) is 11.8 Å². The molecular weight excluding hydrogens is 526 g/mol. The SMILES string of the molecule is C[C@@H](O)[C@H]1C(=O)N2C(C(=O)O)=C(S[C@H]3C[C@@H](C(=O)N(C)C)N(C(=O)c4cc(O)c(O)c(Cl)c4)C3)[C@H](C)[C@H]12. The molecule has 3 aliphatic rings. The van der Waals surface area contributed by atoms with E-state index in [0.29, 0.717) is 4.91 Å². The molecule has 3 amide bonds. The van der Waals surface area contributed by atoms with Gasteiger partial charge in [-0.2, -0.15) is 0 Å². The summed E-state index contributed by atoms with van der Waals surface area (Å²) >= 11 is 7.15. The summed E-state index contributed by atoms with van der Waals surface area (Å²) in [7, 11) is 3.12. The number of phenolic OH excluding ortho intramolecular Hbond substituents is 2. The molecule has 3 heterocycles. The van der Waals surface area contributed by atoms with Gasteiger partial charge in [0.05, 0.1) is 23.1 Å². The molecule has 11 nitrogen and oxygen atoms in total. The lowest BCUT2D eigenvalue weighted by atomic mass is 9.79. The number of benzene rings is 1. The number of hydrogen-bond donors (Lipinski definition) is 4. The van der Waals surface area contributed by atoms with Crippen LogP contribution in [0.25, 0.3) is 0 Å². The molecule has 1 aromatic rings. The number of aromatic hydroxyl groups is 2. The van der Waals surface area contributed by atoms with Crippen LogP contribution in [0.4, 0.5) is 0 Å². The molecule has 0 aliphatic carbocycles. The molecule has 4 N–H and O–H groups in total. The van der Waals surface area contributed by atoms with Crippen molar-refractivity contribution in [3.63, 3.8) is 0 Å². The van der Waals surface area contributed by atoms with Crippen molar-refractivity contribution < 1.29 is 39.6 Å². The van der Waals surface area contributed by atoms with Gasteiger partial charge >= 0.3 is 5.97 Å². The molecule has 3 aliphatic heterocycles. The Balaban J connectivity index is 1.64. The lowest BCUT2D eigenvalue weighted by Crippen LogP contribution is -2.63. The predicted molar refractivity (Wildman–Crippen MR) is 134 cm³/mol. The Morgan fingerprint density at radius 1 is 1.22 bits per heavy atom. The van der Waals surface area contributed by atoms with Crippen LogP contribution in [0, 0.1) is 11.8 Å². The standard InChI is InChI=1S/C24H28ClN3O8S/c1-9-17-16(10(2)29)23(34)28(17)18(24(35)36)20(9)37-12-7-14(22(33)26(3)4)27(8-12)21(32)11-5-13(25)19(31)15(30)6-11/h5-6,9-10,12,14,16-17,29-31H,7-8H2,1-4H3,(H,35,36)/t9-,10-,12+,14+,16-,17-/m1/s1. The number of halogens is 1. The minimum atomic E-state index is -1.25. The van der Waals surface area contributed by atoms with Crippen molar-refractivity contribution in [1.29, 1.82) is 0 Å². The number of rotatable bonds is 6. The van der Waals surface area contributed by atoms with Crippen LogP contribution in [0.5, 0.6) is 11.5 Å². The highest BCUT2D eigenvalue weighted by Gasteiger charge is 2.60. The highest BCUT2D eigenvalue weighted by molar-refractivity contribution is 8.03.